The molecule has 0 N–H and O–H groups in total. The van der Waals surface area contributed by atoms with Gasteiger partial charge in [-0.2, -0.15) is 0 Å². The van der Waals surface area contributed by atoms with E-state index in [9.17, 15) is 0 Å². The lowest BCUT2D eigenvalue weighted by Gasteiger charge is -2.10. The summed E-state index contributed by atoms with van der Waals surface area (Å²) in [5.41, 5.74) is 2.81. The van der Waals surface area contributed by atoms with E-state index in [1.54, 1.807) is 6.26 Å². The van der Waals surface area contributed by atoms with E-state index in [4.69, 9.17) is 9.47 Å². The van der Waals surface area contributed by atoms with Crippen LogP contribution in [0.3, 0.4) is 0 Å². The molecule has 0 fully saturated rings. The third-order valence-corrected chi connectivity index (χ3v) is 3.67. The van der Waals surface area contributed by atoms with Crippen LogP contribution in [0.25, 0.3) is 0 Å². The van der Waals surface area contributed by atoms with Crippen molar-refractivity contribution in [3.05, 3.63) is 102 Å². The SMILES string of the molecule is CC(=COc1ccccc1)C(=Nc1ccc(C)cc1)Oc1ccccc1. The Kier molecular flexibility index (Phi) is 5.84. The van der Waals surface area contributed by atoms with Gasteiger partial charge < -0.3 is 9.47 Å². The van der Waals surface area contributed by atoms with Crippen molar-refractivity contribution in [2.45, 2.75) is 13.8 Å². The van der Waals surface area contributed by atoms with Gasteiger partial charge in [-0.3, -0.25) is 0 Å². The predicted octanol–water partition coefficient (Wildman–Crippen LogP) is 6.09. The van der Waals surface area contributed by atoms with Crippen LogP contribution in [0.5, 0.6) is 11.5 Å². The molecule has 0 aliphatic heterocycles. The highest BCUT2D eigenvalue weighted by Gasteiger charge is 2.07. The number of para-hydroxylation sites is 2. The summed E-state index contributed by atoms with van der Waals surface area (Å²) in [6, 6.07) is 27.2. The largest absolute Gasteiger partial charge is 0.465 e. The molecule has 0 radical (unpaired) electrons. The number of aryl methyl sites for hydroxylation is 1. The second-order valence-electron chi connectivity index (χ2n) is 5.90. The molecule has 130 valence electrons. The number of rotatable bonds is 5. The van der Waals surface area contributed by atoms with Crippen LogP contribution in [0, 0.1) is 6.92 Å². The number of nitrogens with zero attached hydrogens (tertiary/aromatic N) is 1. The molecule has 0 aliphatic carbocycles. The summed E-state index contributed by atoms with van der Waals surface area (Å²) in [6.45, 7) is 3.96. The van der Waals surface area contributed by atoms with Crippen LogP contribution in [0.1, 0.15) is 12.5 Å². The van der Waals surface area contributed by atoms with Crippen LogP contribution in [-0.2, 0) is 0 Å². The second kappa shape index (κ2) is 8.67. The maximum atomic E-state index is 6.00. The van der Waals surface area contributed by atoms with Crippen LogP contribution < -0.4 is 9.47 Å². The summed E-state index contributed by atoms with van der Waals surface area (Å²) < 4.78 is 11.7. The molecular weight excluding hydrogens is 322 g/mol. The second-order valence-corrected chi connectivity index (χ2v) is 5.90. The monoisotopic (exact) mass is 343 g/mol. The summed E-state index contributed by atoms with van der Waals surface area (Å²) in [5.74, 6) is 1.99. The van der Waals surface area contributed by atoms with Crippen LogP contribution in [0.15, 0.2) is 102 Å². The molecule has 0 aromatic heterocycles. The van der Waals surface area contributed by atoms with Gasteiger partial charge >= 0.3 is 0 Å². The number of hydrogen-bond acceptors (Lipinski definition) is 3. The van der Waals surface area contributed by atoms with Crippen LogP contribution in [-0.4, -0.2) is 5.90 Å². The Morgan fingerprint density at radius 1 is 0.769 bits per heavy atom. The zero-order valence-electron chi connectivity index (χ0n) is 14.9. The summed E-state index contributed by atoms with van der Waals surface area (Å²) in [4.78, 5) is 4.65. The molecule has 3 rings (SSSR count). The maximum absolute atomic E-state index is 6.00. The molecule has 0 atom stereocenters. The first-order valence-corrected chi connectivity index (χ1v) is 8.48. The number of aliphatic imine (C=N–C) groups is 1. The molecule has 0 heterocycles. The fourth-order valence-electron chi connectivity index (χ4n) is 2.23. The first-order valence-electron chi connectivity index (χ1n) is 8.48. The zero-order valence-corrected chi connectivity index (χ0v) is 14.9. The van der Waals surface area contributed by atoms with Gasteiger partial charge in [-0.05, 0) is 50.2 Å². The lowest BCUT2D eigenvalue weighted by atomic mass is 10.2. The highest BCUT2D eigenvalue weighted by molar-refractivity contribution is 5.96. The average Bonchev–Trinajstić information content (AvgIpc) is 2.69. The van der Waals surface area contributed by atoms with E-state index < -0.39 is 0 Å². The maximum Gasteiger partial charge on any atom is 0.225 e. The summed E-state index contributed by atoms with van der Waals surface area (Å²) in [6.07, 6.45) is 1.66. The number of benzene rings is 3. The molecule has 0 bridgehead atoms. The van der Waals surface area contributed by atoms with Crippen molar-refractivity contribution in [3.63, 3.8) is 0 Å². The molecular formula is C23H21NO2. The average molecular weight is 343 g/mol. The first-order chi connectivity index (χ1) is 12.7. The highest BCUT2D eigenvalue weighted by Crippen LogP contribution is 2.18. The van der Waals surface area contributed by atoms with Crippen LogP contribution in [0.2, 0.25) is 0 Å². The van der Waals surface area contributed by atoms with Crippen molar-refractivity contribution in [2.24, 2.45) is 4.99 Å². The Morgan fingerprint density at radius 3 is 1.96 bits per heavy atom. The van der Waals surface area contributed by atoms with Crippen molar-refractivity contribution in [1.82, 2.24) is 0 Å². The lowest BCUT2D eigenvalue weighted by Crippen LogP contribution is -2.10. The molecule has 0 aliphatic rings. The van der Waals surface area contributed by atoms with E-state index in [0.29, 0.717) is 5.90 Å². The van der Waals surface area contributed by atoms with E-state index in [2.05, 4.69) is 4.99 Å². The Morgan fingerprint density at radius 2 is 1.35 bits per heavy atom. The third kappa shape index (κ3) is 5.08. The molecule has 3 aromatic rings. The normalized spacial score (nSPS) is 11.9. The van der Waals surface area contributed by atoms with Gasteiger partial charge in [0.1, 0.15) is 11.5 Å². The smallest absolute Gasteiger partial charge is 0.225 e. The van der Waals surface area contributed by atoms with Crippen molar-refractivity contribution >= 4 is 11.6 Å². The standard InChI is InChI=1S/C23H21NO2/c1-18-13-15-20(16-14-18)24-23(26-22-11-7-4-8-12-22)19(2)17-25-21-9-5-3-6-10-21/h3-17H,1-2H3. The minimum atomic E-state index is 0.496. The topological polar surface area (TPSA) is 30.8 Å². The number of hydrogen-bond donors (Lipinski definition) is 0. The molecule has 0 amide bonds. The van der Waals surface area contributed by atoms with E-state index in [0.717, 1.165) is 22.8 Å². The quantitative estimate of drug-likeness (QED) is 0.319. The van der Waals surface area contributed by atoms with Gasteiger partial charge in [0.25, 0.3) is 0 Å². The van der Waals surface area contributed by atoms with E-state index in [-0.39, 0.29) is 0 Å². The molecule has 26 heavy (non-hydrogen) atoms. The van der Waals surface area contributed by atoms with Gasteiger partial charge in [0.2, 0.25) is 5.90 Å². The van der Waals surface area contributed by atoms with Crippen LogP contribution in [0.4, 0.5) is 5.69 Å². The van der Waals surface area contributed by atoms with Gasteiger partial charge in [0.05, 0.1) is 11.9 Å². The predicted molar refractivity (Wildman–Crippen MR) is 106 cm³/mol. The van der Waals surface area contributed by atoms with E-state index in [1.807, 2.05) is 98.8 Å². The molecule has 3 aromatic carbocycles. The third-order valence-electron chi connectivity index (χ3n) is 3.67. The van der Waals surface area contributed by atoms with E-state index in [1.165, 1.54) is 5.56 Å². The van der Waals surface area contributed by atoms with Gasteiger partial charge in [0.15, 0.2) is 0 Å². The Bertz CT molecular complexity index is 883. The fraction of sp³-hybridized carbons (Fsp3) is 0.0870. The minimum absolute atomic E-state index is 0.496. The van der Waals surface area contributed by atoms with Crippen LogP contribution >= 0.6 is 0 Å². The van der Waals surface area contributed by atoms with Crippen molar-refractivity contribution in [1.29, 1.82) is 0 Å². The van der Waals surface area contributed by atoms with Crippen molar-refractivity contribution < 1.29 is 9.47 Å². The zero-order chi connectivity index (χ0) is 18.2. The van der Waals surface area contributed by atoms with Crippen molar-refractivity contribution in [3.8, 4) is 11.5 Å². The molecule has 3 heteroatoms. The molecule has 0 saturated heterocycles. The Labute approximate surface area is 154 Å². The van der Waals surface area contributed by atoms with E-state index >= 15 is 0 Å². The van der Waals surface area contributed by atoms with Gasteiger partial charge in [-0.1, -0.05) is 54.1 Å². The highest BCUT2D eigenvalue weighted by atomic mass is 16.5. The Hall–Kier alpha value is -3.33. The van der Waals surface area contributed by atoms with Gasteiger partial charge in [-0.15, -0.1) is 0 Å². The molecule has 0 spiro atoms. The minimum Gasteiger partial charge on any atom is -0.465 e. The summed E-state index contributed by atoms with van der Waals surface area (Å²) >= 11 is 0. The molecule has 3 nitrogen and oxygen atoms in total. The molecule has 0 saturated carbocycles. The Balaban J connectivity index is 1.87. The first kappa shape index (κ1) is 17.5. The lowest BCUT2D eigenvalue weighted by molar-refractivity contribution is 0.473. The van der Waals surface area contributed by atoms with Gasteiger partial charge in [0, 0.05) is 5.57 Å². The van der Waals surface area contributed by atoms with Gasteiger partial charge in [-0.25, -0.2) is 4.99 Å². The number of ether oxygens (including phenoxy) is 2. The fourth-order valence-corrected chi connectivity index (χ4v) is 2.23. The summed E-state index contributed by atoms with van der Waals surface area (Å²) in [7, 11) is 0. The summed E-state index contributed by atoms with van der Waals surface area (Å²) in [5, 5.41) is 0. The van der Waals surface area contributed by atoms with Crippen molar-refractivity contribution in [2.75, 3.05) is 0 Å². The molecule has 0 unspecified atom stereocenters.